The van der Waals surface area contributed by atoms with E-state index in [1.807, 2.05) is 25.1 Å². The van der Waals surface area contributed by atoms with Crippen LogP contribution in [0.15, 0.2) is 53.4 Å². The smallest absolute Gasteiger partial charge is 0.288 e. The van der Waals surface area contributed by atoms with E-state index < -0.39 is 5.76 Å². The summed E-state index contributed by atoms with van der Waals surface area (Å²) >= 11 is 6.35. The number of nitrogens with one attached hydrogen (secondary N) is 2. The van der Waals surface area contributed by atoms with E-state index in [0.29, 0.717) is 27.4 Å². The maximum Gasteiger partial charge on any atom is 0.288 e. The predicted molar refractivity (Wildman–Crippen MR) is 94.8 cm³/mol. The van der Waals surface area contributed by atoms with Crippen molar-refractivity contribution < 1.29 is 13.6 Å². The molecule has 0 heterocycles. The van der Waals surface area contributed by atoms with Crippen molar-refractivity contribution in [2.45, 2.75) is 23.6 Å². The average Bonchev–Trinajstić information content (AvgIpc) is 2.54. The molecular weight excluding hydrogens is 354 g/mol. The molecule has 1 atom stereocenters. The van der Waals surface area contributed by atoms with Gasteiger partial charge in [-0.3, -0.25) is 4.79 Å². The first-order valence-electron chi connectivity index (χ1n) is 7.28. The van der Waals surface area contributed by atoms with E-state index in [1.54, 1.807) is 30.3 Å². The number of halogens is 3. The number of anilines is 1. The summed E-state index contributed by atoms with van der Waals surface area (Å²) in [5.74, 6) is -2.84. The number of rotatable bonds is 7. The highest BCUT2D eigenvalue weighted by Gasteiger charge is 2.13. The predicted octanol–water partition coefficient (Wildman–Crippen LogP) is 4.94. The summed E-state index contributed by atoms with van der Waals surface area (Å²) in [5.41, 5.74) is 1.34. The molecule has 0 bridgehead atoms. The molecule has 3 nitrogen and oxygen atoms in total. The van der Waals surface area contributed by atoms with E-state index in [-0.39, 0.29) is 18.5 Å². The second kappa shape index (κ2) is 9.01. The van der Waals surface area contributed by atoms with Crippen molar-refractivity contribution in [3.05, 3.63) is 59.1 Å². The monoisotopic (exact) mass is 370 g/mol. The zero-order valence-electron chi connectivity index (χ0n) is 12.9. The fraction of sp³-hybridized carbons (Fsp3) is 0.235. The van der Waals surface area contributed by atoms with Gasteiger partial charge in [-0.1, -0.05) is 47.6 Å². The van der Waals surface area contributed by atoms with Crippen LogP contribution in [0.25, 0.3) is 0 Å². The highest BCUT2D eigenvalue weighted by atomic mass is 35.5. The highest BCUT2D eigenvalue weighted by Crippen LogP contribution is 2.31. The van der Waals surface area contributed by atoms with E-state index in [2.05, 4.69) is 10.6 Å². The minimum atomic E-state index is -2.54. The molecule has 0 saturated carbocycles. The number of hydrogen-bond donors (Lipinski definition) is 2. The van der Waals surface area contributed by atoms with Gasteiger partial charge in [0.15, 0.2) is 0 Å². The molecule has 1 unspecified atom stereocenters. The molecule has 128 valence electrons. The molecule has 2 rings (SSSR count). The fourth-order valence-electron chi connectivity index (χ4n) is 2.10. The normalized spacial score (nSPS) is 12.2. The third-order valence-corrected chi connectivity index (χ3v) is 4.32. The maximum absolute atomic E-state index is 12.5. The van der Waals surface area contributed by atoms with Crippen LogP contribution in [0.1, 0.15) is 18.5 Å². The number of benzene rings is 2. The van der Waals surface area contributed by atoms with Gasteiger partial charge >= 0.3 is 0 Å². The number of amides is 1. The quantitative estimate of drug-likeness (QED) is 0.678. The number of carbonyl (C=O) groups excluding carboxylic acids is 1. The van der Waals surface area contributed by atoms with Gasteiger partial charge in [0.2, 0.25) is 5.91 Å². The molecule has 2 aromatic rings. The zero-order chi connectivity index (χ0) is 17.5. The first kappa shape index (κ1) is 18.7. The van der Waals surface area contributed by atoms with Gasteiger partial charge in [-0.25, -0.2) is 0 Å². The first-order valence-corrected chi connectivity index (χ1v) is 8.54. The molecule has 0 aliphatic rings. The van der Waals surface area contributed by atoms with E-state index in [4.69, 9.17) is 11.6 Å². The number of carbonyl (C=O) groups is 1. The lowest BCUT2D eigenvalue weighted by molar-refractivity contribution is -0.115. The van der Waals surface area contributed by atoms with Crippen LogP contribution in [-0.2, 0) is 4.79 Å². The van der Waals surface area contributed by atoms with Crippen LogP contribution in [0.2, 0.25) is 5.02 Å². The van der Waals surface area contributed by atoms with Gasteiger partial charge < -0.3 is 10.6 Å². The number of para-hydroxylation sites is 1. The van der Waals surface area contributed by atoms with E-state index in [9.17, 15) is 13.6 Å². The molecule has 7 heteroatoms. The molecule has 0 saturated heterocycles. The van der Waals surface area contributed by atoms with Crippen LogP contribution in [0.3, 0.4) is 0 Å². The minimum absolute atomic E-state index is 0.0569. The molecular formula is C17H17ClF2N2OS. The van der Waals surface area contributed by atoms with E-state index in [0.717, 1.165) is 5.56 Å². The van der Waals surface area contributed by atoms with Gasteiger partial charge in [0.25, 0.3) is 5.76 Å². The topological polar surface area (TPSA) is 41.1 Å². The van der Waals surface area contributed by atoms with Gasteiger partial charge in [-0.15, -0.1) is 0 Å². The maximum atomic E-state index is 12.5. The van der Waals surface area contributed by atoms with Crippen LogP contribution in [0, 0.1) is 0 Å². The summed E-state index contributed by atoms with van der Waals surface area (Å²) in [7, 11) is 0. The third kappa shape index (κ3) is 5.78. The summed E-state index contributed by atoms with van der Waals surface area (Å²) in [6, 6.07) is 13.8. The Bertz CT molecular complexity index is 700. The Balaban J connectivity index is 1.92. The third-order valence-electron chi connectivity index (χ3n) is 3.29. The van der Waals surface area contributed by atoms with Crippen molar-refractivity contribution in [2.24, 2.45) is 0 Å². The lowest BCUT2D eigenvalue weighted by atomic mass is 10.1. The number of alkyl halides is 2. The van der Waals surface area contributed by atoms with Gasteiger partial charge in [0, 0.05) is 16.0 Å². The van der Waals surface area contributed by atoms with Crippen molar-refractivity contribution >= 4 is 35.0 Å². The summed E-state index contributed by atoms with van der Waals surface area (Å²) in [6.45, 7) is 1.97. The highest BCUT2D eigenvalue weighted by molar-refractivity contribution is 7.99. The van der Waals surface area contributed by atoms with Crippen LogP contribution < -0.4 is 10.6 Å². The Labute approximate surface area is 148 Å². The Kier molecular flexibility index (Phi) is 7.02. The second-order valence-corrected chi connectivity index (χ2v) is 6.55. The summed E-state index contributed by atoms with van der Waals surface area (Å²) in [6.07, 6.45) is 0. The fourth-order valence-corrected chi connectivity index (χ4v) is 2.90. The van der Waals surface area contributed by atoms with Gasteiger partial charge in [0.1, 0.15) is 0 Å². The average molecular weight is 371 g/mol. The Morgan fingerprint density at radius 1 is 1.21 bits per heavy atom. The zero-order valence-corrected chi connectivity index (χ0v) is 14.5. The lowest BCUT2D eigenvalue weighted by Crippen LogP contribution is -2.30. The van der Waals surface area contributed by atoms with Gasteiger partial charge in [-0.2, -0.15) is 8.78 Å². The van der Waals surface area contributed by atoms with Crippen molar-refractivity contribution in [1.82, 2.24) is 5.32 Å². The van der Waals surface area contributed by atoms with Gasteiger partial charge in [0.05, 0.1) is 12.2 Å². The minimum Gasteiger partial charge on any atom is -0.324 e. The summed E-state index contributed by atoms with van der Waals surface area (Å²) in [5, 5.41) is 6.36. The van der Waals surface area contributed by atoms with Crippen LogP contribution in [-0.4, -0.2) is 18.2 Å². The van der Waals surface area contributed by atoms with E-state index >= 15 is 0 Å². The lowest BCUT2D eigenvalue weighted by Gasteiger charge is -2.15. The molecule has 0 radical (unpaired) electrons. The van der Waals surface area contributed by atoms with Crippen LogP contribution in [0.4, 0.5) is 14.5 Å². The molecule has 0 fully saturated rings. The molecule has 2 N–H and O–H groups in total. The van der Waals surface area contributed by atoms with Crippen LogP contribution in [0.5, 0.6) is 0 Å². The SMILES string of the molecule is CC(NCC(=O)Nc1ccccc1SC(F)F)c1cccc(Cl)c1. The van der Waals surface area contributed by atoms with Crippen molar-refractivity contribution in [1.29, 1.82) is 0 Å². The molecule has 2 aromatic carbocycles. The second-order valence-electron chi connectivity index (χ2n) is 5.08. The molecule has 0 aliphatic heterocycles. The first-order chi connectivity index (χ1) is 11.5. The Morgan fingerprint density at radius 3 is 2.67 bits per heavy atom. The summed E-state index contributed by atoms with van der Waals surface area (Å²) in [4.78, 5) is 12.4. The molecule has 0 aromatic heterocycles. The largest absolute Gasteiger partial charge is 0.324 e. The Hall–Kier alpha value is -1.63. The number of hydrogen-bond acceptors (Lipinski definition) is 3. The molecule has 1 amide bonds. The van der Waals surface area contributed by atoms with E-state index in [1.165, 1.54) is 0 Å². The molecule has 24 heavy (non-hydrogen) atoms. The standard InChI is InChI=1S/C17H17ClF2N2OS/c1-11(12-5-4-6-13(18)9-12)21-10-16(23)22-14-7-2-3-8-15(14)24-17(19)20/h2-9,11,17,21H,10H2,1H3,(H,22,23). The molecule has 0 aliphatic carbocycles. The summed E-state index contributed by atoms with van der Waals surface area (Å²) < 4.78 is 25.1. The van der Waals surface area contributed by atoms with Gasteiger partial charge in [-0.05, 0) is 36.8 Å². The van der Waals surface area contributed by atoms with Crippen molar-refractivity contribution in [3.8, 4) is 0 Å². The Morgan fingerprint density at radius 2 is 1.96 bits per heavy atom. The number of thioether (sulfide) groups is 1. The van der Waals surface area contributed by atoms with Crippen molar-refractivity contribution in [3.63, 3.8) is 0 Å². The molecule has 0 spiro atoms. The van der Waals surface area contributed by atoms with Crippen LogP contribution >= 0.6 is 23.4 Å². The van der Waals surface area contributed by atoms with Crippen molar-refractivity contribution in [2.75, 3.05) is 11.9 Å².